The molecule has 4 nitrogen and oxygen atoms in total. The van der Waals surface area contributed by atoms with Crippen LogP contribution in [0, 0.1) is 0 Å². The minimum atomic E-state index is -3.32. The summed E-state index contributed by atoms with van der Waals surface area (Å²) < 4.78 is 27.2. The first-order valence-corrected chi connectivity index (χ1v) is 9.49. The average Bonchev–Trinajstić information content (AvgIpc) is 2.85. The molecular formula is C14H26N2O2S2. The van der Waals surface area contributed by atoms with Gasteiger partial charge in [0.05, 0.1) is 0 Å². The number of nitrogens with zero attached hydrogens (tertiary/aromatic N) is 1. The Hall–Kier alpha value is -0.430. The topological polar surface area (TPSA) is 49.4 Å². The molecule has 0 aromatic carbocycles. The zero-order valence-corrected chi connectivity index (χ0v) is 14.5. The van der Waals surface area contributed by atoms with E-state index in [0.29, 0.717) is 23.3 Å². The molecule has 20 heavy (non-hydrogen) atoms. The molecule has 0 aliphatic rings. The van der Waals surface area contributed by atoms with Crippen LogP contribution in [-0.4, -0.2) is 31.9 Å². The van der Waals surface area contributed by atoms with Crippen LogP contribution in [0.1, 0.15) is 45.4 Å². The Labute approximate surface area is 127 Å². The van der Waals surface area contributed by atoms with Gasteiger partial charge < -0.3 is 5.32 Å². The Kier molecular flexibility index (Phi) is 7.15. The number of hydrogen-bond donors (Lipinski definition) is 1. The fraction of sp³-hybridized carbons (Fsp3) is 0.714. The second-order valence-electron chi connectivity index (χ2n) is 5.16. The van der Waals surface area contributed by atoms with Gasteiger partial charge in [0.2, 0.25) is 0 Å². The van der Waals surface area contributed by atoms with Crippen molar-refractivity contribution in [1.29, 1.82) is 0 Å². The summed E-state index contributed by atoms with van der Waals surface area (Å²) in [4.78, 5) is 1.06. The standard InChI is InChI=1S/C14H26N2O2S2/c1-5-9-16(10-6-2)20(17,18)14-8-7-13(19-14)11-15-12(3)4/h7-8,12,15H,5-6,9-11H2,1-4H3. The van der Waals surface area contributed by atoms with Crippen LogP contribution in [0.5, 0.6) is 0 Å². The van der Waals surface area contributed by atoms with Crippen LogP contribution in [-0.2, 0) is 16.6 Å². The zero-order valence-electron chi connectivity index (χ0n) is 12.8. The van der Waals surface area contributed by atoms with Crippen molar-refractivity contribution in [2.24, 2.45) is 0 Å². The molecule has 0 radical (unpaired) electrons. The predicted octanol–water partition coefficient (Wildman–Crippen LogP) is 3.06. The molecule has 1 rings (SSSR count). The summed E-state index contributed by atoms with van der Waals surface area (Å²) in [5.41, 5.74) is 0. The van der Waals surface area contributed by atoms with Gasteiger partial charge in [0, 0.05) is 30.6 Å². The van der Waals surface area contributed by atoms with Crippen LogP contribution >= 0.6 is 11.3 Å². The van der Waals surface area contributed by atoms with E-state index in [0.717, 1.165) is 24.3 Å². The van der Waals surface area contributed by atoms with Crippen LogP contribution in [0.2, 0.25) is 0 Å². The quantitative estimate of drug-likeness (QED) is 0.761. The third kappa shape index (κ3) is 4.84. The lowest BCUT2D eigenvalue weighted by molar-refractivity contribution is 0.411. The molecule has 0 atom stereocenters. The zero-order chi connectivity index (χ0) is 15.2. The molecule has 1 aromatic rings. The SMILES string of the molecule is CCCN(CCC)S(=O)(=O)c1ccc(CNC(C)C)s1. The largest absolute Gasteiger partial charge is 0.310 e. The summed E-state index contributed by atoms with van der Waals surface area (Å²) in [6, 6.07) is 4.03. The van der Waals surface area contributed by atoms with Crippen molar-refractivity contribution >= 4 is 21.4 Å². The molecule has 0 unspecified atom stereocenters. The predicted molar refractivity (Wildman–Crippen MR) is 85.6 cm³/mol. The molecule has 0 bridgehead atoms. The molecule has 0 fully saturated rings. The second-order valence-corrected chi connectivity index (χ2v) is 8.49. The van der Waals surface area contributed by atoms with Gasteiger partial charge in [-0.15, -0.1) is 11.3 Å². The van der Waals surface area contributed by atoms with E-state index in [-0.39, 0.29) is 0 Å². The molecule has 0 amide bonds. The summed E-state index contributed by atoms with van der Waals surface area (Å²) >= 11 is 1.37. The highest BCUT2D eigenvalue weighted by atomic mass is 32.2. The van der Waals surface area contributed by atoms with Crippen molar-refractivity contribution in [3.05, 3.63) is 17.0 Å². The molecule has 0 spiro atoms. The highest BCUT2D eigenvalue weighted by Crippen LogP contribution is 2.25. The van der Waals surface area contributed by atoms with Gasteiger partial charge in [0.15, 0.2) is 0 Å². The van der Waals surface area contributed by atoms with Crippen molar-refractivity contribution in [3.8, 4) is 0 Å². The Morgan fingerprint density at radius 1 is 1.20 bits per heavy atom. The summed E-state index contributed by atoms with van der Waals surface area (Å²) in [5, 5.41) is 3.31. The highest BCUT2D eigenvalue weighted by Gasteiger charge is 2.24. The van der Waals surface area contributed by atoms with Crippen molar-refractivity contribution in [1.82, 2.24) is 9.62 Å². The number of rotatable bonds is 9. The van der Waals surface area contributed by atoms with Crippen LogP contribution in [0.15, 0.2) is 16.3 Å². The summed E-state index contributed by atoms with van der Waals surface area (Å²) in [6.07, 6.45) is 1.68. The van der Waals surface area contributed by atoms with E-state index in [1.807, 2.05) is 19.9 Å². The molecular weight excluding hydrogens is 292 g/mol. The molecule has 0 saturated heterocycles. The Balaban J connectivity index is 2.85. The van der Waals surface area contributed by atoms with Gasteiger partial charge in [-0.2, -0.15) is 4.31 Å². The maximum absolute atomic E-state index is 12.6. The molecule has 116 valence electrons. The van der Waals surface area contributed by atoms with E-state index in [1.165, 1.54) is 11.3 Å². The van der Waals surface area contributed by atoms with Gasteiger partial charge >= 0.3 is 0 Å². The third-order valence-corrected chi connectivity index (χ3v) is 6.31. The molecule has 0 aliphatic carbocycles. The first-order chi connectivity index (χ1) is 9.41. The lowest BCUT2D eigenvalue weighted by Crippen LogP contribution is -2.32. The average molecular weight is 319 g/mol. The lowest BCUT2D eigenvalue weighted by Gasteiger charge is -2.19. The lowest BCUT2D eigenvalue weighted by atomic mass is 10.4. The number of thiophene rings is 1. The van der Waals surface area contributed by atoms with Crippen molar-refractivity contribution in [2.75, 3.05) is 13.1 Å². The number of nitrogens with one attached hydrogen (secondary N) is 1. The monoisotopic (exact) mass is 318 g/mol. The fourth-order valence-corrected chi connectivity index (χ4v) is 4.96. The van der Waals surface area contributed by atoms with Gasteiger partial charge in [-0.1, -0.05) is 27.7 Å². The van der Waals surface area contributed by atoms with E-state index < -0.39 is 10.0 Å². The van der Waals surface area contributed by atoms with E-state index in [1.54, 1.807) is 10.4 Å². The van der Waals surface area contributed by atoms with Crippen LogP contribution in [0.3, 0.4) is 0 Å². The first kappa shape index (κ1) is 17.6. The van der Waals surface area contributed by atoms with Crippen molar-refractivity contribution < 1.29 is 8.42 Å². The van der Waals surface area contributed by atoms with Gasteiger partial charge in [-0.3, -0.25) is 0 Å². The Morgan fingerprint density at radius 2 is 1.80 bits per heavy atom. The molecule has 0 saturated carbocycles. The summed E-state index contributed by atoms with van der Waals surface area (Å²) in [7, 11) is -3.32. The number of sulfonamides is 1. The third-order valence-electron chi connectivity index (χ3n) is 2.86. The maximum Gasteiger partial charge on any atom is 0.252 e. The number of hydrogen-bond acceptors (Lipinski definition) is 4. The molecule has 6 heteroatoms. The Morgan fingerprint density at radius 3 is 2.30 bits per heavy atom. The first-order valence-electron chi connectivity index (χ1n) is 7.24. The van der Waals surface area contributed by atoms with E-state index >= 15 is 0 Å². The molecule has 1 aromatic heterocycles. The Bertz CT molecular complexity index is 489. The fourth-order valence-electron chi connectivity index (χ4n) is 1.87. The van der Waals surface area contributed by atoms with E-state index in [2.05, 4.69) is 19.2 Å². The summed E-state index contributed by atoms with van der Waals surface area (Å²) in [6.45, 7) is 10.1. The maximum atomic E-state index is 12.6. The normalized spacial score (nSPS) is 12.5. The summed E-state index contributed by atoms with van der Waals surface area (Å²) in [5.74, 6) is 0. The molecule has 1 N–H and O–H groups in total. The van der Waals surface area contributed by atoms with Gasteiger partial charge in [0.25, 0.3) is 10.0 Å². The smallest absolute Gasteiger partial charge is 0.252 e. The van der Waals surface area contributed by atoms with Crippen LogP contribution in [0.25, 0.3) is 0 Å². The molecule has 0 aliphatic heterocycles. The highest BCUT2D eigenvalue weighted by molar-refractivity contribution is 7.91. The minimum Gasteiger partial charge on any atom is -0.310 e. The van der Waals surface area contributed by atoms with Crippen LogP contribution in [0.4, 0.5) is 0 Å². The minimum absolute atomic E-state index is 0.397. The van der Waals surface area contributed by atoms with Gasteiger partial charge in [-0.05, 0) is 25.0 Å². The van der Waals surface area contributed by atoms with Crippen molar-refractivity contribution in [2.45, 2.75) is 57.3 Å². The van der Waals surface area contributed by atoms with Gasteiger partial charge in [0.1, 0.15) is 4.21 Å². The second kappa shape index (κ2) is 8.12. The van der Waals surface area contributed by atoms with E-state index in [9.17, 15) is 8.42 Å². The van der Waals surface area contributed by atoms with Crippen molar-refractivity contribution in [3.63, 3.8) is 0 Å². The van der Waals surface area contributed by atoms with E-state index in [4.69, 9.17) is 0 Å². The molecule has 1 heterocycles. The van der Waals surface area contributed by atoms with Crippen LogP contribution < -0.4 is 5.32 Å². The van der Waals surface area contributed by atoms with Gasteiger partial charge in [-0.25, -0.2) is 8.42 Å².